The largest absolute Gasteiger partial charge is 0.497 e. The summed E-state index contributed by atoms with van der Waals surface area (Å²) in [7, 11) is -1.94. The number of morpholine rings is 1. The molecule has 0 unspecified atom stereocenters. The van der Waals surface area contributed by atoms with E-state index in [0.29, 0.717) is 38.4 Å². The summed E-state index contributed by atoms with van der Waals surface area (Å²) in [5, 5.41) is 0. The first-order chi connectivity index (χ1) is 14.5. The molecule has 2 saturated heterocycles. The van der Waals surface area contributed by atoms with Gasteiger partial charge in [0.15, 0.2) is 0 Å². The molecule has 2 aliphatic rings. The van der Waals surface area contributed by atoms with Crippen LogP contribution in [0.3, 0.4) is 0 Å². The van der Waals surface area contributed by atoms with Crippen LogP contribution in [0.1, 0.15) is 34.8 Å². The predicted molar refractivity (Wildman–Crippen MR) is 112 cm³/mol. The molecule has 0 aliphatic carbocycles. The maximum Gasteiger partial charge on any atom is 0.254 e. The van der Waals surface area contributed by atoms with E-state index in [1.165, 1.54) is 16.4 Å². The highest BCUT2D eigenvalue weighted by molar-refractivity contribution is 7.89. The SMILES string of the molecule is COc1ccc([C@H]2CCCN2C(=O)c2ccc(S(=O)(=O)N3CCOCC3)cc2)cc1. The number of sulfonamides is 1. The Hall–Kier alpha value is -2.42. The van der Waals surface area contributed by atoms with E-state index in [1.807, 2.05) is 29.2 Å². The zero-order chi connectivity index (χ0) is 21.1. The van der Waals surface area contributed by atoms with Crippen LogP contribution in [0.25, 0.3) is 0 Å². The number of methoxy groups -OCH3 is 1. The normalized spacial score (nSPS) is 20.3. The van der Waals surface area contributed by atoms with Gasteiger partial charge in [-0.25, -0.2) is 8.42 Å². The molecule has 0 bridgehead atoms. The third-order valence-corrected chi connectivity index (χ3v) is 7.64. The Bertz CT molecular complexity index is 983. The van der Waals surface area contributed by atoms with Gasteiger partial charge in [0, 0.05) is 25.2 Å². The molecule has 1 atom stereocenters. The number of benzene rings is 2. The smallest absolute Gasteiger partial charge is 0.254 e. The predicted octanol–water partition coefficient (Wildman–Crippen LogP) is 2.69. The van der Waals surface area contributed by atoms with E-state index in [-0.39, 0.29) is 16.8 Å². The molecule has 0 radical (unpaired) electrons. The Balaban J connectivity index is 1.51. The highest BCUT2D eigenvalue weighted by Gasteiger charge is 2.31. The molecule has 2 fully saturated rings. The molecule has 0 aromatic heterocycles. The van der Waals surface area contributed by atoms with Crippen LogP contribution in [0.4, 0.5) is 0 Å². The van der Waals surface area contributed by atoms with Gasteiger partial charge in [0.25, 0.3) is 5.91 Å². The van der Waals surface area contributed by atoms with Gasteiger partial charge in [-0.15, -0.1) is 0 Å². The van der Waals surface area contributed by atoms with Crippen LogP contribution in [-0.2, 0) is 14.8 Å². The van der Waals surface area contributed by atoms with E-state index in [4.69, 9.17) is 9.47 Å². The summed E-state index contributed by atoms with van der Waals surface area (Å²) in [5.74, 6) is 0.704. The summed E-state index contributed by atoms with van der Waals surface area (Å²) in [6.45, 7) is 2.18. The second kappa shape index (κ2) is 8.75. The molecule has 1 amide bonds. The number of hydrogen-bond acceptors (Lipinski definition) is 5. The first-order valence-corrected chi connectivity index (χ1v) is 11.6. The van der Waals surface area contributed by atoms with Gasteiger partial charge < -0.3 is 14.4 Å². The molecule has 0 saturated carbocycles. The van der Waals surface area contributed by atoms with Crippen LogP contribution < -0.4 is 4.74 Å². The molecule has 0 spiro atoms. The highest BCUT2D eigenvalue weighted by atomic mass is 32.2. The number of hydrogen-bond donors (Lipinski definition) is 0. The molecule has 4 rings (SSSR count). The molecule has 2 aliphatic heterocycles. The molecule has 2 heterocycles. The lowest BCUT2D eigenvalue weighted by Crippen LogP contribution is -2.40. The van der Waals surface area contributed by atoms with Crippen molar-refractivity contribution in [1.29, 1.82) is 0 Å². The van der Waals surface area contributed by atoms with E-state index in [2.05, 4.69) is 0 Å². The fraction of sp³-hybridized carbons (Fsp3) is 0.409. The second-order valence-electron chi connectivity index (χ2n) is 7.47. The van der Waals surface area contributed by atoms with E-state index in [0.717, 1.165) is 24.2 Å². The quantitative estimate of drug-likeness (QED) is 0.729. The maximum absolute atomic E-state index is 13.1. The number of nitrogens with zero attached hydrogens (tertiary/aromatic N) is 2. The molecule has 160 valence electrons. The van der Waals surface area contributed by atoms with Crippen molar-refractivity contribution in [2.24, 2.45) is 0 Å². The highest BCUT2D eigenvalue weighted by Crippen LogP contribution is 2.34. The monoisotopic (exact) mass is 430 g/mol. The molecule has 2 aromatic carbocycles. The van der Waals surface area contributed by atoms with Crippen molar-refractivity contribution in [2.45, 2.75) is 23.8 Å². The number of likely N-dealkylation sites (tertiary alicyclic amines) is 1. The Morgan fingerprint density at radius 2 is 1.67 bits per heavy atom. The third kappa shape index (κ3) is 4.08. The van der Waals surface area contributed by atoms with Gasteiger partial charge >= 0.3 is 0 Å². The molecule has 0 N–H and O–H groups in total. The number of ether oxygens (including phenoxy) is 2. The van der Waals surface area contributed by atoms with E-state index in [9.17, 15) is 13.2 Å². The number of rotatable bonds is 5. The summed E-state index contributed by atoms with van der Waals surface area (Å²) in [6, 6.07) is 14.1. The van der Waals surface area contributed by atoms with Crippen LogP contribution >= 0.6 is 0 Å². The van der Waals surface area contributed by atoms with E-state index in [1.54, 1.807) is 19.2 Å². The zero-order valence-electron chi connectivity index (χ0n) is 17.0. The average molecular weight is 431 g/mol. The minimum atomic E-state index is -3.57. The van der Waals surface area contributed by atoms with Crippen molar-refractivity contribution in [1.82, 2.24) is 9.21 Å². The van der Waals surface area contributed by atoms with Crippen molar-refractivity contribution < 1.29 is 22.7 Å². The van der Waals surface area contributed by atoms with Crippen LogP contribution in [0.5, 0.6) is 5.75 Å². The van der Waals surface area contributed by atoms with Gasteiger partial charge in [0.1, 0.15) is 5.75 Å². The van der Waals surface area contributed by atoms with Gasteiger partial charge in [0.05, 0.1) is 31.3 Å². The average Bonchev–Trinajstić information content (AvgIpc) is 3.29. The van der Waals surface area contributed by atoms with Crippen LogP contribution in [-0.4, -0.2) is 63.5 Å². The lowest BCUT2D eigenvalue weighted by molar-refractivity contribution is 0.0730. The summed E-state index contributed by atoms with van der Waals surface area (Å²) in [6.07, 6.45) is 1.84. The minimum absolute atomic E-state index is 0.0140. The van der Waals surface area contributed by atoms with Crippen LogP contribution in [0.2, 0.25) is 0 Å². The molecule has 7 nitrogen and oxygen atoms in total. The van der Waals surface area contributed by atoms with E-state index < -0.39 is 10.0 Å². The Labute approximate surface area is 177 Å². The molecule has 2 aromatic rings. The number of amides is 1. The minimum Gasteiger partial charge on any atom is -0.497 e. The first-order valence-electron chi connectivity index (χ1n) is 10.1. The van der Waals surface area contributed by atoms with Crippen molar-refractivity contribution in [3.8, 4) is 5.75 Å². The molecule has 30 heavy (non-hydrogen) atoms. The van der Waals surface area contributed by atoms with Crippen molar-refractivity contribution in [2.75, 3.05) is 40.0 Å². The van der Waals surface area contributed by atoms with Crippen LogP contribution in [0.15, 0.2) is 53.4 Å². The Morgan fingerprint density at radius 1 is 1.00 bits per heavy atom. The Kier molecular flexibility index (Phi) is 6.08. The van der Waals surface area contributed by atoms with Crippen molar-refractivity contribution in [3.05, 3.63) is 59.7 Å². The van der Waals surface area contributed by atoms with Gasteiger partial charge in [0.2, 0.25) is 10.0 Å². The van der Waals surface area contributed by atoms with Gasteiger partial charge in [-0.3, -0.25) is 4.79 Å². The van der Waals surface area contributed by atoms with E-state index >= 15 is 0 Å². The summed E-state index contributed by atoms with van der Waals surface area (Å²) in [4.78, 5) is 15.2. The van der Waals surface area contributed by atoms with Gasteiger partial charge in [-0.05, 0) is 54.8 Å². The number of carbonyl (C=O) groups is 1. The molecular weight excluding hydrogens is 404 g/mol. The second-order valence-corrected chi connectivity index (χ2v) is 9.41. The standard InChI is InChI=1S/C22H26N2O5S/c1-28-19-8-4-17(5-9-19)21-3-2-12-24(21)22(25)18-6-10-20(11-7-18)30(26,27)23-13-15-29-16-14-23/h4-11,21H,2-3,12-16H2,1H3/t21-/m1/s1. The first kappa shape index (κ1) is 20.8. The summed E-state index contributed by atoms with van der Waals surface area (Å²) >= 11 is 0. The fourth-order valence-electron chi connectivity index (χ4n) is 4.05. The van der Waals surface area contributed by atoms with Gasteiger partial charge in [-0.2, -0.15) is 4.31 Å². The topological polar surface area (TPSA) is 76.2 Å². The summed E-state index contributed by atoms with van der Waals surface area (Å²) < 4.78 is 37.4. The molecule has 8 heteroatoms. The summed E-state index contributed by atoms with van der Waals surface area (Å²) in [5.41, 5.74) is 1.57. The molecular formula is C22H26N2O5S. The Morgan fingerprint density at radius 3 is 2.30 bits per heavy atom. The maximum atomic E-state index is 13.1. The van der Waals surface area contributed by atoms with Crippen molar-refractivity contribution in [3.63, 3.8) is 0 Å². The van der Waals surface area contributed by atoms with Crippen molar-refractivity contribution >= 4 is 15.9 Å². The number of carbonyl (C=O) groups excluding carboxylic acids is 1. The van der Waals surface area contributed by atoms with Crippen LogP contribution in [0, 0.1) is 0 Å². The third-order valence-electron chi connectivity index (χ3n) is 5.72. The fourth-order valence-corrected chi connectivity index (χ4v) is 5.46. The van der Waals surface area contributed by atoms with Gasteiger partial charge in [-0.1, -0.05) is 12.1 Å². The lowest BCUT2D eigenvalue weighted by Gasteiger charge is -2.27. The lowest BCUT2D eigenvalue weighted by atomic mass is 10.0. The zero-order valence-corrected chi connectivity index (χ0v) is 17.8.